The lowest BCUT2D eigenvalue weighted by Gasteiger charge is -2.31. The highest BCUT2D eigenvalue weighted by molar-refractivity contribution is 6.31. The molecular formula is C14H18Cl2FN. The van der Waals surface area contributed by atoms with Crippen LogP contribution in [0, 0.1) is 11.7 Å². The lowest BCUT2D eigenvalue weighted by atomic mass is 9.85. The van der Waals surface area contributed by atoms with Crippen molar-refractivity contribution in [3.8, 4) is 0 Å². The van der Waals surface area contributed by atoms with Crippen molar-refractivity contribution < 1.29 is 4.39 Å². The third kappa shape index (κ3) is 3.37. The maximum Gasteiger partial charge on any atom is 0.142 e. The molecule has 100 valence electrons. The number of hydrogen-bond donors (Lipinski definition) is 1. The van der Waals surface area contributed by atoms with Crippen molar-refractivity contribution in [2.24, 2.45) is 5.92 Å². The van der Waals surface area contributed by atoms with E-state index in [2.05, 4.69) is 5.32 Å². The average Bonchev–Trinajstić information content (AvgIpc) is 2.41. The highest BCUT2D eigenvalue weighted by atomic mass is 35.5. The third-order valence-electron chi connectivity index (χ3n) is 3.69. The molecule has 1 aliphatic rings. The first-order valence-electron chi connectivity index (χ1n) is 6.44. The minimum absolute atomic E-state index is 0.225. The predicted octanol–water partition coefficient (Wildman–Crippen LogP) is 4.37. The van der Waals surface area contributed by atoms with Crippen molar-refractivity contribution in [2.75, 3.05) is 5.88 Å². The summed E-state index contributed by atoms with van der Waals surface area (Å²) >= 11 is 11.9. The monoisotopic (exact) mass is 289 g/mol. The molecule has 18 heavy (non-hydrogen) atoms. The van der Waals surface area contributed by atoms with Crippen LogP contribution in [0.3, 0.4) is 0 Å². The van der Waals surface area contributed by atoms with Crippen LogP contribution in [0.5, 0.6) is 0 Å². The molecule has 1 nitrogen and oxygen atoms in total. The van der Waals surface area contributed by atoms with E-state index in [-0.39, 0.29) is 10.8 Å². The number of nitrogens with one attached hydrogen (secondary N) is 1. The zero-order valence-electron chi connectivity index (χ0n) is 10.3. The number of halogens is 3. The summed E-state index contributed by atoms with van der Waals surface area (Å²) in [6, 6.07) is 5.36. The van der Waals surface area contributed by atoms with Crippen molar-refractivity contribution in [1.29, 1.82) is 0 Å². The van der Waals surface area contributed by atoms with Crippen LogP contribution in [0.4, 0.5) is 4.39 Å². The van der Waals surface area contributed by atoms with Crippen LogP contribution in [0.15, 0.2) is 18.2 Å². The third-order valence-corrected chi connectivity index (χ3v) is 4.51. The Kier molecular flexibility index (Phi) is 5.28. The second-order valence-electron chi connectivity index (χ2n) is 4.90. The molecule has 4 heteroatoms. The molecule has 0 aromatic heterocycles. The summed E-state index contributed by atoms with van der Waals surface area (Å²) in [5.41, 5.74) is 0.815. The van der Waals surface area contributed by atoms with Gasteiger partial charge in [-0.1, -0.05) is 36.6 Å². The Morgan fingerprint density at radius 2 is 2.06 bits per heavy atom. The topological polar surface area (TPSA) is 12.0 Å². The van der Waals surface area contributed by atoms with Crippen molar-refractivity contribution in [3.05, 3.63) is 34.6 Å². The van der Waals surface area contributed by atoms with Crippen molar-refractivity contribution in [3.63, 3.8) is 0 Å². The summed E-state index contributed by atoms with van der Waals surface area (Å²) in [7, 11) is 0. The summed E-state index contributed by atoms with van der Waals surface area (Å²) < 4.78 is 13.3. The van der Waals surface area contributed by atoms with E-state index in [0.29, 0.717) is 24.4 Å². The Morgan fingerprint density at radius 1 is 1.28 bits per heavy atom. The van der Waals surface area contributed by atoms with Gasteiger partial charge in [-0.3, -0.25) is 0 Å². The smallest absolute Gasteiger partial charge is 0.142 e. The van der Waals surface area contributed by atoms with E-state index in [1.54, 1.807) is 6.07 Å². The zero-order chi connectivity index (χ0) is 13.0. The molecule has 0 amide bonds. The van der Waals surface area contributed by atoms with Gasteiger partial charge in [0.1, 0.15) is 5.82 Å². The lowest BCUT2D eigenvalue weighted by molar-refractivity contribution is 0.282. The fourth-order valence-electron chi connectivity index (χ4n) is 2.59. The van der Waals surface area contributed by atoms with Gasteiger partial charge in [-0.25, -0.2) is 4.39 Å². The second kappa shape index (κ2) is 6.74. The Morgan fingerprint density at radius 3 is 2.83 bits per heavy atom. The van der Waals surface area contributed by atoms with E-state index >= 15 is 0 Å². The molecule has 1 aromatic rings. The Balaban J connectivity index is 1.96. The van der Waals surface area contributed by atoms with Crippen LogP contribution >= 0.6 is 23.2 Å². The van der Waals surface area contributed by atoms with Gasteiger partial charge in [0.15, 0.2) is 0 Å². The van der Waals surface area contributed by atoms with Crippen LogP contribution in [0.25, 0.3) is 0 Å². The maximum absolute atomic E-state index is 13.3. The molecule has 2 unspecified atom stereocenters. The fraction of sp³-hybridized carbons (Fsp3) is 0.571. The maximum atomic E-state index is 13.3. The van der Waals surface area contributed by atoms with Gasteiger partial charge < -0.3 is 5.32 Å². The molecule has 2 rings (SSSR count). The summed E-state index contributed by atoms with van der Waals surface area (Å²) in [4.78, 5) is 0. The molecule has 2 atom stereocenters. The van der Waals surface area contributed by atoms with E-state index in [0.717, 1.165) is 12.0 Å². The molecule has 0 bridgehead atoms. The largest absolute Gasteiger partial charge is 0.310 e. The van der Waals surface area contributed by atoms with Crippen molar-refractivity contribution >= 4 is 23.2 Å². The molecular weight excluding hydrogens is 272 g/mol. The second-order valence-corrected chi connectivity index (χ2v) is 5.59. The van der Waals surface area contributed by atoms with Crippen LogP contribution in [0.2, 0.25) is 5.02 Å². The highest BCUT2D eigenvalue weighted by Gasteiger charge is 2.23. The Bertz CT molecular complexity index is 397. The van der Waals surface area contributed by atoms with Crippen LogP contribution in [0.1, 0.15) is 31.2 Å². The summed E-state index contributed by atoms with van der Waals surface area (Å²) in [5.74, 6) is 0.857. The summed E-state index contributed by atoms with van der Waals surface area (Å²) in [6.07, 6.45) is 4.82. The standard InChI is InChI=1S/C14H18Cl2FN/c15-8-10-4-1-2-7-13(10)18-9-11-5-3-6-12(17)14(11)16/h3,5-6,10,13,18H,1-2,4,7-9H2. The van der Waals surface area contributed by atoms with E-state index in [4.69, 9.17) is 23.2 Å². The molecule has 1 aromatic carbocycles. The number of rotatable bonds is 4. The van der Waals surface area contributed by atoms with Gasteiger partial charge in [-0.2, -0.15) is 0 Å². The van der Waals surface area contributed by atoms with Crippen LogP contribution in [-0.2, 0) is 6.54 Å². The van der Waals surface area contributed by atoms with Gasteiger partial charge in [0, 0.05) is 18.5 Å². The molecule has 0 aliphatic heterocycles. The van der Waals surface area contributed by atoms with Gasteiger partial charge in [-0.05, 0) is 30.4 Å². The molecule has 0 saturated heterocycles. The molecule has 1 N–H and O–H groups in total. The van der Waals surface area contributed by atoms with Gasteiger partial charge >= 0.3 is 0 Å². The van der Waals surface area contributed by atoms with Gasteiger partial charge in [0.2, 0.25) is 0 Å². The number of hydrogen-bond acceptors (Lipinski definition) is 1. The highest BCUT2D eigenvalue weighted by Crippen LogP contribution is 2.26. The van der Waals surface area contributed by atoms with E-state index in [1.165, 1.54) is 25.3 Å². The van der Waals surface area contributed by atoms with Gasteiger partial charge in [-0.15, -0.1) is 11.6 Å². The molecule has 0 spiro atoms. The first kappa shape index (κ1) is 14.1. The number of benzene rings is 1. The SMILES string of the molecule is Fc1cccc(CNC2CCCCC2CCl)c1Cl. The molecule has 0 radical (unpaired) electrons. The van der Waals surface area contributed by atoms with Crippen molar-refractivity contribution in [1.82, 2.24) is 5.32 Å². The lowest BCUT2D eigenvalue weighted by Crippen LogP contribution is -2.39. The van der Waals surface area contributed by atoms with Gasteiger partial charge in [0.05, 0.1) is 5.02 Å². The fourth-order valence-corrected chi connectivity index (χ4v) is 3.15. The average molecular weight is 290 g/mol. The molecule has 1 aliphatic carbocycles. The summed E-state index contributed by atoms with van der Waals surface area (Å²) in [6.45, 7) is 0.606. The quantitative estimate of drug-likeness (QED) is 0.812. The number of alkyl halides is 1. The normalized spacial score (nSPS) is 24.2. The minimum Gasteiger partial charge on any atom is -0.310 e. The summed E-state index contributed by atoms with van der Waals surface area (Å²) in [5, 5.41) is 3.70. The molecule has 1 saturated carbocycles. The Labute approximate surface area is 118 Å². The Hall–Kier alpha value is -0.310. The molecule has 1 fully saturated rings. The first-order valence-corrected chi connectivity index (χ1v) is 7.36. The van der Waals surface area contributed by atoms with E-state index < -0.39 is 0 Å². The molecule has 0 heterocycles. The predicted molar refractivity (Wildman–Crippen MR) is 74.7 cm³/mol. The van der Waals surface area contributed by atoms with Gasteiger partial charge in [0.25, 0.3) is 0 Å². The minimum atomic E-state index is -0.353. The van der Waals surface area contributed by atoms with Crippen LogP contribution < -0.4 is 5.32 Å². The van der Waals surface area contributed by atoms with E-state index in [1.807, 2.05) is 6.07 Å². The first-order chi connectivity index (χ1) is 8.72. The van der Waals surface area contributed by atoms with Crippen LogP contribution in [-0.4, -0.2) is 11.9 Å². The van der Waals surface area contributed by atoms with Crippen molar-refractivity contribution in [2.45, 2.75) is 38.3 Å². The zero-order valence-corrected chi connectivity index (χ0v) is 11.8. The van der Waals surface area contributed by atoms with E-state index in [9.17, 15) is 4.39 Å².